The SMILES string of the molecule is CC(=O)OC1CCCN(OS(C)(=O)=O)C1=O. The van der Waals surface area contributed by atoms with E-state index in [1.165, 1.54) is 6.92 Å². The molecule has 1 unspecified atom stereocenters. The van der Waals surface area contributed by atoms with Crippen molar-refractivity contribution < 1.29 is 27.0 Å². The lowest BCUT2D eigenvalue weighted by atomic mass is 10.1. The summed E-state index contributed by atoms with van der Waals surface area (Å²) in [7, 11) is -3.74. The Hall–Kier alpha value is -1.15. The number of hydrogen-bond acceptors (Lipinski definition) is 6. The standard InChI is InChI=1S/C8H13NO6S/c1-6(10)14-7-4-3-5-9(8(7)11)15-16(2,12)13/h7H,3-5H2,1-2H3. The van der Waals surface area contributed by atoms with Crippen molar-refractivity contribution in [1.82, 2.24) is 5.06 Å². The van der Waals surface area contributed by atoms with Crippen molar-refractivity contribution in [2.75, 3.05) is 12.8 Å². The Labute approximate surface area is 93.4 Å². The summed E-state index contributed by atoms with van der Waals surface area (Å²) in [6, 6.07) is 0. The van der Waals surface area contributed by atoms with Gasteiger partial charge in [-0.1, -0.05) is 0 Å². The Morgan fingerprint density at radius 3 is 2.62 bits per heavy atom. The Morgan fingerprint density at radius 2 is 2.12 bits per heavy atom. The second-order valence-electron chi connectivity index (χ2n) is 3.46. The van der Waals surface area contributed by atoms with E-state index in [0.29, 0.717) is 17.9 Å². The molecule has 1 fully saturated rings. The van der Waals surface area contributed by atoms with E-state index in [2.05, 4.69) is 4.28 Å². The second-order valence-corrected chi connectivity index (χ2v) is 5.02. The van der Waals surface area contributed by atoms with E-state index < -0.39 is 28.1 Å². The lowest BCUT2D eigenvalue weighted by Crippen LogP contribution is -2.46. The highest BCUT2D eigenvalue weighted by molar-refractivity contribution is 7.85. The van der Waals surface area contributed by atoms with Crippen molar-refractivity contribution >= 4 is 22.0 Å². The van der Waals surface area contributed by atoms with Crippen LogP contribution in [-0.4, -0.2) is 44.3 Å². The summed E-state index contributed by atoms with van der Waals surface area (Å²) in [5.41, 5.74) is 0. The molecule has 0 spiro atoms. The summed E-state index contributed by atoms with van der Waals surface area (Å²) >= 11 is 0. The molecule has 8 heteroatoms. The first kappa shape index (κ1) is 12.9. The molecule has 92 valence electrons. The van der Waals surface area contributed by atoms with E-state index in [4.69, 9.17) is 4.74 Å². The van der Waals surface area contributed by atoms with Crippen molar-refractivity contribution in [1.29, 1.82) is 0 Å². The molecule has 0 bridgehead atoms. The second kappa shape index (κ2) is 4.79. The fraction of sp³-hybridized carbons (Fsp3) is 0.750. The van der Waals surface area contributed by atoms with E-state index >= 15 is 0 Å². The number of esters is 1. The average molecular weight is 251 g/mol. The minimum absolute atomic E-state index is 0.170. The van der Waals surface area contributed by atoms with Crippen LogP contribution < -0.4 is 0 Å². The number of hydroxylamine groups is 2. The van der Waals surface area contributed by atoms with Crippen molar-refractivity contribution in [3.63, 3.8) is 0 Å². The minimum Gasteiger partial charge on any atom is -0.452 e. The highest BCUT2D eigenvalue weighted by atomic mass is 32.2. The molecule has 0 aromatic heterocycles. The predicted molar refractivity (Wildman–Crippen MR) is 52.4 cm³/mol. The fourth-order valence-electron chi connectivity index (χ4n) is 1.36. The van der Waals surface area contributed by atoms with Crippen LogP contribution in [0.5, 0.6) is 0 Å². The van der Waals surface area contributed by atoms with Gasteiger partial charge < -0.3 is 4.74 Å². The van der Waals surface area contributed by atoms with Crippen molar-refractivity contribution in [2.45, 2.75) is 25.9 Å². The third kappa shape index (κ3) is 3.78. The largest absolute Gasteiger partial charge is 0.452 e. The van der Waals surface area contributed by atoms with Gasteiger partial charge in [0.25, 0.3) is 16.0 Å². The number of ether oxygens (including phenoxy) is 1. The Morgan fingerprint density at radius 1 is 1.50 bits per heavy atom. The molecule has 0 aromatic carbocycles. The van der Waals surface area contributed by atoms with E-state index in [1.54, 1.807) is 0 Å². The maximum atomic E-state index is 11.6. The predicted octanol–water partition coefficient (Wildman–Crippen LogP) is -0.568. The van der Waals surface area contributed by atoms with Gasteiger partial charge in [0, 0.05) is 6.92 Å². The molecule has 0 aliphatic carbocycles. The summed E-state index contributed by atoms with van der Waals surface area (Å²) in [6.07, 6.45) is 0.782. The molecular formula is C8H13NO6S. The number of rotatable bonds is 3. The molecule has 1 atom stereocenters. The molecule has 7 nitrogen and oxygen atoms in total. The highest BCUT2D eigenvalue weighted by Crippen LogP contribution is 2.16. The summed E-state index contributed by atoms with van der Waals surface area (Å²) in [5, 5.41) is 0.715. The van der Waals surface area contributed by atoms with Gasteiger partial charge in [0.05, 0.1) is 12.8 Å². The summed E-state index contributed by atoms with van der Waals surface area (Å²) in [5.74, 6) is -1.23. The number of amides is 1. The first-order chi connectivity index (χ1) is 7.29. The lowest BCUT2D eigenvalue weighted by Gasteiger charge is -2.29. The van der Waals surface area contributed by atoms with Crippen LogP contribution >= 0.6 is 0 Å². The third-order valence-corrected chi connectivity index (χ3v) is 2.33. The van der Waals surface area contributed by atoms with Crippen LogP contribution in [0.4, 0.5) is 0 Å². The Bertz CT molecular complexity index is 389. The zero-order valence-electron chi connectivity index (χ0n) is 9.00. The van der Waals surface area contributed by atoms with E-state index in [9.17, 15) is 18.0 Å². The number of piperidine rings is 1. The van der Waals surface area contributed by atoms with Crippen molar-refractivity contribution in [2.24, 2.45) is 0 Å². The topological polar surface area (TPSA) is 90.0 Å². The summed E-state index contributed by atoms with van der Waals surface area (Å²) < 4.78 is 30.9. The normalized spacial score (nSPS) is 22.0. The van der Waals surface area contributed by atoms with Crippen LogP contribution in [-0.2, 0) is 28.7 Å². The number of hydrogen-bond donors (Lipinski definition) is 0. The quantitative estimate of drug-likeness (QED) is 0.624. The first-order valence-corrected chi connectivity index (χ1v) is 6.49. The van der Waals surface area contributed by atoms with Gasteiger partial charge in [-0.05, 0) is 12.8 Å². The smallest absolute Gasteiger partial charge is 0.303 e. The molecule has 0 saturated carbocycles. The Kier molecular flexibility index (Phi) is 3.87. The first-order valence-electron chi connectivity index (χ1n) is 4.68. The van der Waals surface area contributed by atoms with Gasteiger partial charge in [-0.25, -0.2) is 5.06 Å². The van der Waals surface area contributed by atoms with Crippen LogP contribution in [0.25, 0.3) is 0 Å². The monoisotopic (exact) mass is 251 g/mol. The zero-order chi connectivity index (χ0) is 12.3. The molecular weight excluding hydrogens is 238 g/mol. The molecule has 0 radical (unpaired) electrons. The van der Waals surface area contributed by atoms with Crippen LogP contribution in [0.3, 0.4) is 0 Å². The number of carbonyl (C=O) groups is 2. The molecule has 0 aromatic rings. The van der Waals surface area contributed by atoms with Gasteiger partial charge >= 0.3 is 5.97 Å². The zero-order valence-corrected chi connectivity index (χ0v) is 9.82. The number of carbonyl (C=O) groups excluding carboxylic acids is 2. The van der Waals surface area contributed by atoms with E-state index in [1.807, 2.05) is 0 Å². The molecule has 1 heterocycles. The maximum absolute atomic E-state index is 11.6. The Balaban J connectivity index is 2.68. The summed E-state index contributed by atoms with van der Waals surface area (Å²) in [6.45, 7) is 1.35. The maximum Gasteiger partial charge on any atom is 0.303 e. The fourth-order valence-corrected chi connectivity index (χ4v) is 1.84. The molecule has 1 amide bonds. The molecule has 16 heavy (non-hydrogen) atoms. The molecule has 0 N–H and O–H groups in total. The van der Waals surface area contributed by atoms with E-state index in [-0.39, 0.29) is 6.54 Å². The van der Waals surface area contributed by atoms with E-state index in [0.717, 1.165) is 6.26 Å². The van der Waals surface area contributed by atoms with Gasteiger partial charge in [-0.15, -0.1) is 4.28 Å². The van der Waals surface area contributed by atoms with Crippen LogP contribution in [0, 0.1) is 0 Å². The van der Waals surface area contributed by atoms with Crippen molar-refractivity contribution in [3.05, 3.63) is 0 Å². The van der Waals surface area contributed by atoms with Crippen LogP contribution in [0.2, 0.25) is 0 Å². The molecule has 1 aliphatic rings. The van der Waals surface area contributed by atoms with Crippen LogP contribution in [0.1, 0.15) is 19.8 Å². The van der Waals surface area contributed by atoms with Gasteiger partial charge in [0.1, 0.15) is 0 Å². The highest BCUT2D eigenvalue weighted by Gasteiger charge is 2.33. The van der Waals surface area contributed by atoms with Crippen molar-refractivity contribution in [3.8, 4) is 0 Å². The van der Waals surface area contributed by atoms with Crippen LogP contribution in [0.15, 0.2) is 0 Å². The molecule has 1 aliphatic heterocycles. The molecule has 1 saturated heterocycles. The number of nitrogens with zero attached hydrogens (tertiary/aromatic N) is 1. The van der Waals surface area contributed by atoms with Gasteiger partial charge in [-0.3, -0.25) is 9.59 Å². The average Bonchev–Trinajstić information content (AvgIpc) is 2.09. The van der Waals surface area contributed by atoms with Gasteiger partial charge in [0.2, 0.25) is 0 Å². The lowest BCUT2D eigenvalue weighted by molar-refractivity contribution is -0.180. The van der Waals surface area contributed by atoms with Gasteiger partial charge in [-0.2, -0.15) is 8.42 Å². The molecule has 1 rings (SSSR count). The van der Waals surface area contributed by atoms with Gasteiger partial charge in [0.15, 0.2) is 6.10 Å². The third-order valence-electron chi connectivity index (χ3n) is 1.88. The minimum atomic E-state index is -3.74. The summed E-state index contributed by atoms with van der Waals surface area (Å²) in [4.78, 5) is 22.3.